The Balaban J connectivity index is 2.40. The first-order chi connectivity index (χ1) is 9.70. The second kappa shape index (κ2) is 5.10. The lowest BCUT2D eigenvalue weighted by Crippen LogP contribution is -2.19. The van der Waals surface area contributed by atoms with Crippen molar-refractivity contribution < 1.29 is 0 Å². The van der Waals surface area contributed by atoms with Gasteiger partial charge in [0, 0.05) is 29.2 Å². The van der Waals surface area contributed by atoms with Crippen molar-refractivity contribution in [1.29, 1.82) is 0 Å². The van der Waals surface area contributed by atoms with Crippen LogP contribution in [0.4, 0.5) is 0 Å². The third-order valence-electron chi connectivity index (χ3n) is 3.32. The van der Waals surface area contributed by atoms with Crippen LogP contribution in [0.1, 0.15) is 6.92 Å². The number of aryl methyl sites for hydroxylation is 1. The molecule has 0 fully saturated rings. The van der Waals surface area contributed by atoms with Gasteiger partial charge in [0.2, 0.25) is 0 Å². The zero-order chi connectivity index (χ0) is 14.1. The highest BCUT2D eigenvalue weighted by molar-refractivity contribution is 6.30. The molecule has 0 unspecified atom stereocenters. The molecule has 4 heteroatoms. The molecule has 20 heavy (non-hydrogen) atoms. The fraction of sp³-hybridized carbons (Fsp3) is 0.125. The van der Waals surface area contributed by atoms with Gasteiger partial charge in [-0.05, 0) is 42.3 Å². The number of benzene rings is 1. The van der Waals surface area contributed by atoms with Crippen LogP contribution < -0.4 is 5.56 Å². The average Bonchev–Trinajstić information content (AvgIpc) is 2.46. The molecule has 0 aliphatic heterocycles. The molecule has 0 amide bonds. The van der Waals surface area contributed by atoms with E-state index in [9.17, 15) is 4.79 Å². The number of halogens is 1. The zero-order valence-electron chi connectivity index (χ0n) is 11.0. The summed E-state index contributed by atoms with van der Waals surface area (Å²) in [5.74, 6) is 0. The van der Waals surface area contributed by atoms with Gasteiger partial charge >= 0.3 is 0 Å². The van der Waals surface area contributed by atoms with E-state index in [1.807, 2.05) is 43.3 Å². The maximum Gasteiger partial charge on any atom is 0.252 e. The number of hydrogen-bond donors (Lipinski definition) is 0. The van der Waals surface area contributed by atoms with E-state index < -0.39 is 0 Å². The smallest absolute Gasteiger partial charge is 0.252 e. The minimum atomic E-state index is -0.0475. The molecule has 0 radical (unpaired) electrons. The van der Waals surface area contributed by atoms with Crippen molar-refractivity contribution in [3.05, 3.63) is 64.0 Å². The molecule has 0 aliphatic carbocycles. The first-order valence-electron chi connectivity index (χ1n) is 6.45. The van der Waals surface area contributed by atoms with Gasteiger partial charge in [0.05, 0.1) is 0 Å². The van der Waals surface area contributed by atoms with Gasteiger partial charge in [-0.1, -0.05) is 23.7 Å². The predicted octanol–water partition coefficient (Wildman–Crippen LogP) is 3.74. The molecule has 0 atom stereocenters. The first kappa shape index (κ1) is 12.9. The molecule has 3 rings (SSSR count). The van der Waals surface area contributed by atoms with Crippen molar-refractivity contribution in [2.75, 3.05) is 0 Å². The Morgan fingerprint density at radius 1 is 1.20 bits per heavy atom. The van der Waals surface area contributed by atoms with Crippen LogP contribution in [-0.2, 0) is 6.54 Å². The summed E-state index contributed by atoms with van der Waals surface area (Å²) in [5, 5.41) is 1.61. The van der Waals surface area contributed by atoms with Crippen LogP contribution in [0.25, 0.3) is 22.2 Å². The van der Waals surface area contributed by atoms with Crippen LogP contribution in [0.3, 0.4) is 0 Å². The number of pyridine rings is 2. The summed E-state index contributed by atoms with van der Waals surface area (Å²) < 4.78 is 1.67. The maximum atomic E-state index is 12.2. The fourth-order valence-corrected chi connectivity index (χ4v) is 2.60. The topological polar surface area (TPSA) is 34.9 Å². The molecule has 1 aromatic carbocycles. The molecule has 0 N–H and O–H groups in total. The third kappa shape index (κ3) is 2.10. The second-order valence-corrected chi connectivity index (χ2v) is 4.96. The van der Waals surface area contributed by atoms with Gasteiger partial charge in [0.15, 0.2) is 0 Å². The minimum absolute atomic E-state index is 0.0475. The average molecular weight is 285 g/mol. The molecule has 0 saturated heterocycles. The van der Waals surface area contributed by atoms with Crippen molar-refractivity contribution >= 4 is 22.6 Å². The van der Waals surface area contributed by atoms with Gasteiger partial charge in [-0.3, -0.25) is 9.36 Å². The van der Waals surface area contributed by atoms with E-state index in [2.05, 4.69) is 4.98 Å². The summed E-state index contributed by atoms with van der Waals surface area (Å²) in [7, 11) is 0. The van der Waals surface area contributed by atoms with E-state index in [1.165, 1.54) is 0 Å². The van der Waals surface area contributed by atoms with E-state index >= 15 is 0 Å². The van der Waals surface area contributed by atoms with E-state index in [0.29, 0.717) is 17.2 Å². The molecular formula is C16H13ClN2O. The maximum absolute atomic E-state index is 12.2. The summed E-state index contributed by atoms with van der Waals surface area (Å²) in [6.07, 6.45) is 1.70. The molecule has 100 valence electrons. The molecule has 3 aromatic rings. The number of nitrogens with zero attached hydrogens (tertiary/aromatic N) is 2. The van der Waals surface area contributed by atoms with Gasteiger partial charge in [-0.25, -0.2) is 4.98 Å². The fourth-order valence-electron chi connectivity index (χ4n) is 2.41. The number of aromatic nitrogens is 2. The number of rotatable bonds is 2. The standard InChI is InChI=1S/C16H13ClN2O/c1-2-19-15(20)10-14(11-5-3-6-12(17)9-11)13-7-4-8-18-16(13)19/h3-10H,2H2,1H3. The molecule has 0 aliphatic rings. The molecule has 0 saturated carbocycles. The minimum Gasteiger partial charge on any atom is -0.293 e. The Morgan fingerprint density at radius 2 is 2.05 bits per heavy atom. The Hall–Kier alpha value is -2.13. The van der Waals surface area contributed by atoms with E-state index in [4.69, 9.17) is 11.6 Å². The van der Waals surface area contributed by atoms with Crippen molar-refractivity contribution in [3.63, 3.8) is 0 Å². The number of fused-ring (bicyclic) bond motifs is 1. The van der Waals surface area contributed by atoms with Gasteiger partial charge < -0.3 is 0 Å². The summed E-state index contributed by atoms with van der Waals surface area (Å²) in [5.41, 5.74) is 2.45. The highest BCUT2D eigenvalue weighted by Gasteiger charge is 2.10. The van der Waals surface area contributed by atoms with Crippen molar-refractivity contribution in [1.82, 2.24) is 9.55 Å². The van der Waals surface area contributed by atoms with Crippen LogP contribution >= 0.6 is 11.6 Å². The SMILES string of the molecule is CCn1c(=O)cc(-c2cccc(Cl)c2)c2cccnc21. The summed E-state index contributed by atoms with van der Waals surface area (Å²) in [6.45, 7) is 2.54. The summed E-state index contributed by atoms with van der Waals surface area (Å²) >= 11 is 6.05. The first-order valence-corrected chi connectivity index (χ1v) is 6.83. The van der Waals surface area contributed by atoms with Crippen molar-refractivity contribution in [2.45, 2.75) is 13.5 Å². The van der Waals surface area contributed by atoms with E-state index in [1.54, 1.807) is 16.8 Å². The van der Waals surface area contributed by atoms with Crippen molar-refractivity contribution in [3.8, 4) is 11.1 Å². The van der Waals surface area contributed by atoms with Crippen LogP contribution in [0.15, 0.2) is 53.5 Å². The van der Waals surface area contributed by atoms with Crippen LogP contribution in [0.2, 0.25) is 5.02 Å². The van der Waals surface area contributed by atoms with Crippen LogP contribution in [0.5, 0.6) is 0 Å². The zero-order valence-corrected chi connectivity index (χ0v) is 11.8. The third-order valence-corrected chi connectivity index (χ3v) is 3.55. The Labute approximate surface area is 121 Å². The summed E-state index contributed by atoms with van der Waals surface area (Å²) in [4.78, 5) is 16.6. The molecule has 0 spiro atoms. The second-order valence-electron chi connectivity index (χ2n) is 4.53. The van der Waals surface area contributed by atoms with Gasteiger partial charge in [-0.15, -0.1) is 0 Å². The van der Waals surface area contributed by atoms with Crippen LogP contribution in [-0.4, -0.2) is 9.55 Å². The quantitative estimate of drug-likeness (QED) is 0.718. The highest BCUT2D eigenvalue weighted by atomic mass is 35.5. The Kier molecular flexibility index (Phi) is 3.28. The monoisotopic (exact) mass is 284 g/mol. The largest absolute Gasteiger partial charge is 0.293 e. The number of hydrogen-bond acceptors (Lipinski definition) is 2. The van der Waals surface area contributed by atoms with Gasteiger partial charge in [0.25, 0.3) is 5.56 Å². The summed E-state index contributed by atoms with van der Waals surface area (Å²) in [6, 6.07) is 13.0. The lowest BCUT2D eigenvalue weighted by atomic mass is 10.0. The lowest BCUT2D eigenvalue weighted by molar-refractivity contribution is 0.750. The molecule has 0 bridgehead atoms. The lowest BCUT2D eigenvalue weighted by Gasteiger charge is -2.11. The normalized spacial score (nSPS) is 10.9. The van der Waals surface area contributed by atoms with Gasteiger partial charge in [0.1, 0.15) is 5.65 Å². The van der Waals surface area contributed by atoms with Gasteiger partial charge in [-0.2, -0.15) is 0 Å². The predicted molar refractivity (Wildman–Crippen MR) is 82.1 cm³/mol. The molecule has 2 aromatic heterocycles. The van der Waals surface area contributed by atoms with E-state index in [0.717, 1.165) is 16.5 Å². The Morgan fingerprint density at radius 3 is 2.80 bits per heavy atom. The molecule has 2 heterocycles. The Bertz CT molecular complexity index is 839. The van der Waals surface area contributed by atoms with Crippen molar-refractivity contribution in [2.24, 2.45) is 0 Å². The van der Waals surface area contributed by atoms with Crippen LogP contribution in [0, 0.1) is 0 Å². The van der Waals surface area contributed by atoms with E-state index in [-0.39, 0.29) is 5.56 Å². The molecule has 3 nitrogen and oxygen atoms in total. The highest BCUT2D eigenvalue weighted by Crippen LogP contribution is 2.27. The molecular weight excluding hydrogens is 272 g/mol.